The molecule has 0 saturated carbocycles. The molecule has 0 amide bonds. The molecule has 0 aliphatic carbocycles. The predicted octanol–water partition coefficient (Wildman–Crippen LogP) is 2.07. The first kappa shape index (κ1) is 12.8. The average molecular weight is 306 g/mol. The van der Waals surface area contributed by atoms with Crippen LogP contribution in [0, 0.1) is 0 Å². The first-order chi connectivity index (χ1) is 9.56. The number of nitrogens with one attached hydrogen (secondary N) is 1. The summed E-state index contributed by atoms with van der Waals surface area (Å²) in [5.41, 5.74) is 7.67. The van der Waals surface area contributed by atoms with E-state index in [1.807, 2.05) is 0 Å². The zero-order valence-electron chi connectivity index (χ0n) is 10.1. The van der Waals surface area contributed by atoms with Gasteiger partial charge >= 0.3 is 0 Å². The lowest BCUT2D eigenvalue weighted by Crippen LogP contribution is -2.13. The second-order valence-corrected chi connectivity index (χ2v) is 6.32. The number of sulfonamides is 1. The van der Waals surface area contributed by atoms with Gasteiger partial charge < -0.3 is 5.73 Å². The molecule has 0 radical (unpaired) electrons. The van der Waals surface area contributed by atoms with Gasteiger partial charge in [-0.2, -0.15) is 8.75 Å². The van der Waals surface area contributed by atoms with Gasteiger partial charge in [0.15, 0.2) is 0 Å². The van der Waals surface area contributed by atoms with E-state index in [1.54, 1.807) is 30.3 Å². The highest BCUT2D eigenvalue weighted by molar-refractivity contribution is 7.92. The Bertz CT molecular complexity index is 857. The van der Waals surface area contributed by atoms with Crippen molar-refractivity contribution in [2.24, 2.45) is 0 Å². The number of nitrogen functional groups attached to an aromatic ring is 1. The van der Waals surface area contributed by atoms with Crippen molar-refractivity contribution in [1.82, 2.24) is 8.75 Å². The van der Waals surface area contributed by atoms with Gasteiger partial charge in [0.1, 0.15) is 11.0 Å². The van der Waals surface area contributed by atoms with E-state index in [-0.39, 0.29) is 4.90 Å². The Labute approximate surface area is 119 Å². The summed E-state index contributed by atoms with van der Waals surface area (Å²) in [6.45, 7) is 0. The fourth-order valence-corrected chi connectivity index (χ4v) is 3.36. The van der Waals surface area contributed by atoms with Crippen molar-refractivity contribution in [2.45, 2.75) is 4.90 Å². The molecule has 0 spiro atoms. The number of benzene rings is 2. The van der Waals surface area contributed by atoms with Gasteiger partial charge in [-0.3, -0.25) is 4.72 Å². The van der Waals surface area contributed by atoms with E-state index in [1.165, 1.54) is 12.1 Å². The van der Waals surface area contributed by atoms with Crippen molar-refractivity contribution in [3.8, 4) is 0 Å². The molecule has 0 atom stereocenters. The van der Waals surface area contributed by atoms with Crippen LogP contribution in [-0.2, 0) is 10.0 Å². The van der Waals surface area contributed by atoms with Crippen LogP contribution in [0.1, 0.15) is 0 Å². The highest BCUT2D eigenvalue weighted by Gasteiger charge is 2.16. The molecule has 0 aliphatic rings. The zero-order valence-corrected chi connectivity index (χ0v) is 11.8. The SMILES string of the molecule is Nc1ccc(S(=O)(=O)Nc2cccc3nsnc23)cc1. The smallest absolute Gasteiger partial charge is 0.261 e. The Kier molecular flexibility index (Phi) is 3.03. The van der Waals surface area contributed by atoms with E-state index in [4.69, 9.17) is 5.73 Å². The van der Waals surface area contributed by atoms with Gasteiger partial charge in [0.25, 0.3) is 10.0 Å². The van der Waals surface area contributed by atoms with Gasteiger partial charge in [-0.05, 0) is 36.4 Å². The Morgan fingerprint density at radius 2 is 1.80 bits per heavy atom. The maximum Gasteiger partial charge on any atom is 0.261 e. The number of hydrogen-bond acceptors (Lipinski definition) is 6. The number of aromatic nitrogens is 2. The van der Waals surface area contributed by atoms with Crippen molar-refractivity contribution in [1.29, 1.82) is 0 Å². The molecule has 0 unspecified atom stereocenters. The van der Waals surface area contributed by atoms with Crippen molar-refractivity contribution < 1.29 is 8.42 Å². The molecule has 20 heavy (non-hydrogen) atoms. The van der Waals surface area contributed by atoms with E-state index in [0.29, 0.717) is 22.4 Å². The fraction of sp³-hybridized carbons (Fsp3) is 0. The second-order valence-electron chi connectivity index (χ2n) is 4.11. The minimum Gasteiger partial charge on any atom is -0.399 e. The number of hydrogen-bond donors (Lipinski definition) is 2. The zero-order chi connectivity index (χ0) is 14.2. The summed E-state index contributed by atoms with van der Waals surface area (Å²) in [6.07, 6.45) is 0. The topological polar surface area (TPSA) is 98.0 Å². The Morgan fingerprint density at radius 3 is 2.55 bits per heavy atom. The van der Waals surface area contributed by atoms with E-state index in [0.717, 1.165) is 11.7 Å². The largest absolute Gasteiger partial charge is 0.399 e. The molecular weight excluding hydrogens is 296 g/mol. The van der Waals surface area contributed by atoms with Crippen LogP contribution in [0.5, 0.6) is 0 Å². The molecule has 3 N–H and O–H groups in total. The highest BCUT2D eigenvalue weighted by Crippen LogP contribution is 2.24. The maximum absolute atomic E-state index is 12.3. The van der Waals surface area contributed by atoms with Crippen LogP contribution >= 0.6 is 11.7 Å². The monoisotopic (exact) mass is 306 g/mol. The van der Waals surface area contributed by atoms with E-state index < -0.39 is 10.0 Å². The number of anilines is 2. The average Bonchev–Trinajstić information content (AvgIpc) is 2.88. The van der Waals surface area contributed by atoms with E-state index >= 15 is 0 Å². The molecule has 8 heteroatoms. The van der Waals surface area contributed by atoms with E-state index in [2.05, 4.69) is 13.5 Å². The summed E-state index contributed by atoms with van der Waals surface area (Å²) in [4.78, 5) is 0.145. The standard InChI is InChI=1S/C12H10N4O2S2/c13-8-4-6-9(7-5-8)20(17,18)16-11-3-1-2-10-12(11)15-19-14-10/h1-7,16H,13H2. The summed E-state index contributed by atoms with van der Waals surface area (Å²) >= 11 is 1.04. The molecular formula is C12H10N4O2S2. The van der Waals surface area contributed by atoms with Crippen molar-refractivity contribution >= 4 is 44.2 Å². The molecule has 1 heterocycles. The van der Waals surface area contributed by atoms with Crippen LogP contribution in [0.4, 0.5) is 11.4 Å². The van der Waals surface area contributed by atoms with Gasteiger partial charge in [-0.15, -0.1) is 0 Å². The van der Waals surface area contributed by atoms with Crippen molar-refractivity contribution in [2.75, 3.05) is 10.5 Å². The molecule has 0 fully saturated rings. The quantitative estimate of drug-likeness (QED) is 0.722. The van der Waals surface area contributed by atoms with Crippen LogP contribution in [0.15, 0.2) is 47.4 Å². The van der Waals surface area contributed by atoms with Crippen LogP contribution in [0.2, 0.25) is 0 Å². The van der Waals surface area contributed by atoms with Gasteiger partial charge in [0.2, 0.25) is 0 Å². The van der Waals surface area contributed by atoms with Gasteiger partial charge in [-0.25, -0.2) is 8.42 Å². The Balaban J connectivity index is 2.01. The summed E-state index contributed by atoms with van der Waals surface area (Å²) in [7, 11) is -3.67. The number of fused-ring (bicyclic) bond motifs is 1. The lowest BCUT2D eigenvalue weighted by atomic mass is 10.3. The third-order valence-corrected chi connectivity index (χ3v) is 4.64. The minimum absolute atomic E-state index is 0.145. The normalized spacial score (nSPS) is 11.6. The molecule has 0 aliphatic heterocycles. The van der Waals surface area contributed by atoms with Crippen LogP contribution in [0.3, 0.4) is 0 Å². The van der Waals surface area contributed by atoms with Crippen LogP contribution < -0.4 is 10.5 Å². The summed E-state index contributed by atoms with van der Waals surface area (Å²) in [5.74, 6) is 0. The first-order valence-electron chi connectivity index (χ1n) is 5.66. The fourth-order valence-electron chi connectivity index (χ4n) is 1.74. The Hall–Kier alpha value is -2.19. The minimum atomic E-state index is -3.67. The molecule has 6 nitrogen and oxygen atoms in total. The molecule has 3 aromatic rings. The summed E-state index contributed by atoms with van der Waals surface area (Å²) in [5, 5.41) is 0. The predicted molar refractivity (Wildman–Crippen MR) is 79.1 cm³/mol. The third kappa shape index (κ3) is 2.30. The van der Waals surface area contributed by atoms with E-state index in [9.17, 15) is 8.42 Å². The Morgan fingerprint density at radius 1 is 1.05 bits per heavy atom. The molecule has 2 aromatic carbocycles. The second kappa shape index (κ2) is 4.73. The molecule has 0 saturated heterocycles. The van der Waals surface area contributed by atoms with Gasteiger partial charge in [0.05, 0.1) is 22.3 Å². The van der Waals surface area contributed by atoms with Crippen molar-refractivity contribution in [3.05, 3.63) is 42.5 Å². The first-order valence-corrected chi connectivity index (χ1v) is 7.87. The highest BCUT2D eigenvalue weighted by atomic mass is 32.2. The summed E-state index contributed by atoms with van der Waals surface area (Å²) < 4.78 is 35.2. The van der Waals surface area contributed by atoms with Gasteiger partial charge in [0, 0.05) is 5.69 Å². The summed E-state index contributed by atoms with van der Waals surface area (Å²) in [6, 6.07) is 11.1. The maximum atomic E-state index is 12.3. The molecule has 3 rings (SSSR count). The number of rotatable bonds is 3. The molecule has 102 valence electrons. The lowest BCUT2D eigenvalue weighted by Gasteiger charge is -2.08. The lowest BCUT2D eigenvalue weighted by molar-refractivity contribution is 0.601. The number of nitrogens with zero attached hydrogens (tertiary/aromatic N) is 2. The van der Waals surface area contributed by atoms with Crippen molar-refractivity contribution in [3.63, 3.8) is 0 Å². The molecule has 1 aromatic heterocycles. The van der Waals surface area contributed by atoms with Crippen LogP contribution in [0.25, 0.3) is 11.0 Å². The van der Waals surface area contributed by atoms with Gasteiger partial charge in [-0.1, -0.05) is 6.07 Å². The molecule has 0 bridgehead atoms. The van der Waals surface area contributed by atoms with Crippen LogP contribution in [-0.4, -0.2) is 17.2 Å². The third-order valence-electron chi connectivity index (χ3n) is 2.72. The number of nitrogens with two attached hydrogens (primary N) is 1.